The molecule has 0 spiro atoms. The van der Waals surface area contributed by atoms with E-state index in [4.69, 9.17) is 4.74 Å². The molecule has 1 atom stereocenters. The highest BCUT2D eigenvalue weighted by atomic mass is 16.6. The molecule has 0 N–H and O–H groups in total. The van der Waals surface area contributed by atoms with Gasteiger partial charge in [0.1, 0.15) is 5.60 Å². The molecule has 0 bridgehead atoms. The second-order valence-electron chi connectivity index (χ2n) is 6.33. The lowest BCUT2D eigenvalue weighted by Crippen LogP contribution is -2.43. The van der Waals surface area contributed by atoms with Crippen LogP contribution in [0, 0.1) is 0 Å². The van der Waals surface area contributed by atoms with E-state index in [1.165, 1.54) is 0 Å². The number of likely N-dealkylation sites (tertiary alicyclic amines) is 1. The lowest BCUT2D eigenvalue weighted by molar-refractivity contribution is -0.123. The second-order valence-corrected chi connectivity index (χ2v) is 6.33. The first-order chi connectivity index (χ1) is 9.35. The highest BCUT2D eigenvalue weighted by Gasteiger charge is 2.35. The minimum atomic E-state index is -0.517. The minimum Gasteiger partial charge on any atom is -0.444 e. The first-order valence-electron chi connectivity index (χ1n) is 7.48. The first-order valence-corrected chi connectivity index (χ1v) is 7.48. The maximum Gasteiger partial charge on any atom is 0.410 e. The van der Waals surface area contributed by atoms with Crippen molar-refractivity contribution in [2.24, 2.45) is 0 Å². The molecule has 20 heavy (non-hydrogen) atoms. The Morgan fingerprint density at radius 3 is 2.65 bits per heavy atom. The summed E-state index contributed by atoms with van der Waals surface area (Å²) in [5.41, 5.74) is -0.517. The van der Waals surface area contributed by atoms with Crippen LogP contribution in [0.1, 0.15) is 59.3 Å². The molecule has 1 aliphatic heterocycles. The maximum atomic E-state index is 12.2. The predicted octanol–water partition coefficient (Wildman–Crippen LogP) is 3.70. The summed E-state index contributed by atoms with van der Waals surface area (Å²) >= 11 is 0. The topological polar surface area (TPSA) is 46.6 Å². The van der Waals surface area contributed by atoms with Crippen molar-refractivity contribution >= 4 is 11.9 Å². The zero-order valence-electron chi connectivity index (χ0n) is 13.0. The number of carbonyl (C=O) groups is 2. The molecule has 1 amide bonds. The lowest BCUT2D eigenvalue weighted by atomic mass is 10.0. The van der Waals surface area contributed by atoms with Gasteiger partial charge in [0.25, 0.3) is 0 Å². The lowest BCUT2D eigenvalue weighted by Gasteiger charge is -2.28. The second kappa shape index (κ2) is 7.46. The molecular formula is C16H27NO3. The number of hydrogen-bond donors (Lipinski definition) is 0. The van der Waals surface area contributed by atoms with Crippen molar-refractivity contribution in [1.82, 2.24) is 4.90 Å². The molecule has 1 saturated heterocycles. The van der Waals surface area contributed by atoms with E-state index >= 15 is 0 Å². The van der Waals surface area contributed by atoms with E-state index in [1.807, 2.05) is 26.8 Å². The summed E-state index contributed by atoms with van der Waals surface area (Å²) in [4.78, 5) is 25.9. The maximum absolute atomic E-state index is 12.2. The molecule has 0 aliphatic carbocycles. The molecule has 0 aromatic carbocycles. The molecule has 1 rings (SSSR count). The highest BCUT2D eigenvalue weighted by molar-refractivity contribution is 5.87. The molecule has 4 nitrogen and oxygen atoms in total. The molecule has 0 unspecified atom stereocenters. The Morgan fingerprint density at radius 1 is 1.35 bits per heavy atom. The van der Waals surface area contributed by atoms with Gasteiger partial charge in [-0.2, -0.15) is 0 Å². The first kappa shape index (κ1) is 16.7. The number of ketones is 1. The summed E-state index contributed by atoms with van der Waals surface area (Å²) in [5, 5.41) is 0. The van der Waals surface area contributed by atoms with Crippen LogP contribution < -0.4 is 0 Å². The molecule has 1 aliphatic rings. The van der Waals surface area contributed by atoms with E-state index in [2.05, 4.69) is 6.58 Å². The molecule has 0 aromatic rings. The van der Waals surface area contributed by atoms with Gasteiger partial charge >= 0.3 is 6.09 Å². The van der Waals surface area contributed by atoms with Crippen molar-refractivity contribution in [3.63, 3.8) is 0 Å². The zero-order valence-corrected chi connectivity index (χ0v) is 13.0. The van der Waals surface area contributed by atoms with Crippen molar-refractivity contribution in [3.8, 4) is 0 Å². The standard InChI is InChI=1S/C16H27NO3/c1-5-6-7-8-11-14(18)13-10-9-12-17(13)15(19)20-16(2,3)4/h5,13H,1,6-12H2,2-4H3/t13-/m0/s1. The summed E-state index contributed by atoms with van der Waals surface area (Å²) in [7, 11) is 0. The Hall–Kier alpha value is -1.32. The largest absolute Gasteiger partial charge is 0.444 e. The fraction of sp³-hybridized carbons (Fsp3) is 0.750. The zero-order chi connectivity index (χ0) is 15.2. The number of carbonyl (C=O) groups excluding carboxylic acids is 2. The van der Waals surface area contributed by atoms with E-state index in [-0.39, 0.29) is 17.9 Å². The van der Waals surface area contributed by atoms with Gasteiger partial charge in [0.2, 0.25) is 0 Å². The van der Waals surface area contributed by atoms with Crippen LogP contribution >= 0.6 is 0 Å². The Balaban J connectivity index is 2.49. The summed E-state index contributed by atoms with van der Waals surface area (Å²) in [6.45, 7) is 9.81. The number of unbranched alkanes of at least 4 members (excludes halogenated alkanes) is 2. The third-order valence-corrected chi connectivity index (χ3v) is 3.33. The van der Waals surface area contributed by atoms with Gasteiger partial charge in [-0.05, 0) is 52.9 Å². The smallest absolute Gasteiger partial charge is 0.410 e. The third-order valence-electron chi connectivity index (χ3n) is 3.33. The van der Waals surface area contributed by atoms with Crippen LogP contribution in [0.15, 0.2) is 12.7 Å². The van der Waals surface area contributed by atoms with Crippen LogP contribution in [-0.4, -0.2) is 35.0 Å². The molecule has 0 saturated carbocycles. The van der Waals surface area contributed by atoms with Crippen molar-refractivity contribution in [2.75, 3.05) is 6.54 Å². The normalized spacial score (nSPS) is 18.9. The molecule has 1 fully saturated rings. The van der Waals surface area contributed by atoms with Crippen LogP contribution in [0.2, 0.25) is 0 Å². The molecule has 4 heteroatoms. The SMILES string of the molecule is C=CCCCCC(=O)[C@@H]1CCCN1C(=O)OC(C)(C)C. The average Bonchev–Trinajstić information content (AvgIpc) is 2.81. The number of rotatable bonds is 6. The number of Topliss-reactive ketones (excluding diaryl/α,β-unsaturated/α-hetero) is 1. The van der Waals surface area contributed by atoms with Crippen molar-refractivity contribution in [1.29, 1.82) is 0 Å². The molecular weight excluding hydrogens is 254 g/mol. The summed E-state index contributed by atoms with van der Waals surface area (Å²) in [6, 6.07) is -0.284. The van der Waals surface area contributed by atoms with E-state index in [0.29, 0.717) is 13.0 Å². The van der Waals surface area contributed by atoms with Gasteiger partial charge in [-0.15, -0.1) is 6.58 Å². The van der Waals surface area contributed by atoms with Crippen LogP contribution in [0.25, 0.3) is 0 Å². The van der Waals surface area contributed by atoms with E-state index in [1.54, 1.807) is 4.90 Å². The third kappa shape index (κ3) is 5.35. The average molecular weight is 281 g/mol. The van der Waals surface area contributed by atoms with E-state index in [0.717, 1.165) is 32.1 Å². The number of hydrogen-bond acceptors (Lipinski definition) is 3. The van der Waals surface area contributed by atoms with Crippen LogP contribution in [0.3, 0.4) is 0 Å². The highest BCUT2D eigenvalue weighted by Crippen LogP contribution is 2.23. The van der Waals surface area contributed by atoms with Crippen LogP contribution in [0.4, 0.5) is 4.79 Å². The van der Waals surface area contributed by atoms with E-state index in [9.17, 15) is 9.59 Å². The molecule has 1 heterocycles. The van der Waals surface area contributed by atoms with Gasteiger partial charge in [0.05, 0.1) is 6.04 Å². The van der Waals surface area contributed by atoms with Crippen molar-refractivity contribution in [3.05, 3.63) is 12.7 Å². The monoisotopic (exact) mass is 281 g/mol. The van der Waals surface area contributed by atoms with Crippen molar-refractivity contribution in [2.45, 2.75) is 70.9 Å². The molecule has 0 radical (unpaired) electrons. The quantitative estimate of drug-likeness (QED) is 0.551. The number of amides is 1. The number of allylic oxidation sites excluding steroid dienone is 1. The minimum absolute atomic E-state index is 0.164. The fourth-order valence-corrected chi connectivity index (χ4v) is 2.40. The summed E-state index contributed by atoms with van der Waals surface area (Å²) in [5.74, 6) is 0.164. The summed E-state index contributed by atoms with van der Waals surface area (Å²) in [6.07, 6.45) is 6.47. The summed E-state index contributed by atoms with van der Waals surface area (Å²) < 4.78 is 5.37. The number of ether oxygens (including phenoxy) is 1. The van der Waals surface area contributed by atoms with Gasteiger partial charge in [-0.25, -0.2) is 4.79 Å². The number of nitrogens with zero attached hydrogens (tertiary/aromatic N) is 1. The van der Waals surface area contributed by atoms with Gasteiger partial charge in [-0.1, -0.05) is 6.08 Å². The predicted molar refractivity (Wildman–Crippen MR) is 79.6 cm³/mol. The van der Waals surface area contributed by atoms with Crippen molar-refractivity contribution < 1.29 is 14.3 Å². The molecule has 114 valence electrons. The Morgan fingerprint density at radius 2 is 2.05 bits per heavy atom. The van der Waals surface area contributed by atoms with E-state index < -0.39 is 5.60 Å². The van der Waals surface area contributed by atoms with Gasteiger partial charge in [-0.3, -0.25) is 9.69 Å². The van der Waals surface area contributed by atoms with Gasteiger partial charge < -0.3 is 4.74 Å². The van der Waals surface area contributed by atoms with Gasteiger partial charge in [0.15, 0.2) is 5.78 Å². The Bertz CT molecular complexity index is 357. The Labute approximate surface area is 122 Å². The Kier molecular flexibility index (Phi) is 6.24. The fourth-order valence-electron chi connectivity index (χ4n) is 2.40. The van der Waals surface area contributed by atoms with Crippen LogP contribution in [-0.2, 0) is 9.53 Å². The van der Waals surface area contributed by atoms with Crippen LogP contribution in [0.5, 0.6) is 0 Å². The van der Waals surface area contributed by atoms with Gasteiger partial charge in [0, 0.05) is 13.0 Å². The molecule has 0 aromatic heterocycles.